The molecule has 1 saturated heterocycles. The van der Waals surface area contributed by atoms with Crippen molar-refractivity contribution in [3.8, 4) is 0 Å². The van der Waals surface area contributed by atoms with Crippen molar-refractivity contribution in [1.82, 2.24) is 9.80 Å². The number of likely N-dealkylation sites (tertiary alicyclic amines) is 1. The third-order valence-corrected chi connectivity index (χ3v) is 3.80. The first-order valence-corrected chi connectivity index (χ1v) is 7.79. The first-order valence-electron chi connectivity index (χ1n) is 7.79. The Balaban J connectivity index is 1.85. The minimum Gasteiger partial charge on any atom is -0.321 e. The molecule has 1 aliphatic heterocycles. The minimum atomic E-state index is -0.700. The van der Waals surface area contributed by atoms with Crippen LogP contribution in [0.3, 0.4) is 0 Å². The van der Waals surface area contributed by atoms with E-state index >= 15 is 0 Å². The van der Waals surface area contributed by atoms with Crippen LogP contribution < -0.4 is 5.32 Å². The highest BCUT2D eigenvalue weighted by Crippen LogP contribution is 2.19. The fraction of sp³-hybridized carbons (Fsp3) is 0.562. The Hall–Kier alpha value is -1.69. The van der Waals surface area contributed by atoms with Crippen molar-refractivity contribution >= 4 is 11.7 Å². The van der Waals surface area contributed by atoms with Crippen LogP contribution in [-0.4, -0.2) is 48.1 Å². The molecule has 1 heterocycles. The van der Waals surface area contributed by atoms with Gasteiger partial charge in [-0.3, -0.25) is 4.90 Å². The molecular weight excluding hydrogens is 288 g/mol. The molecule has 0 aliphatic carbocycles. The van der Waals surface area contributed by atoms with E-state index in [1.165, 1.54) is 0 Å². The lowest BCUT2D eigenvalue weighted by molar-refractivity contribution is 0.0614. The lowest BCUT2D eigenvalue weighted by Gasteiger charge is -2.45. The van der Waals surface area contributed by atoms with E-state index in [4.69, 9.17) is 0 Å². The second-order valence-electron chi connectivity index (χ2n) is 5.68. The molecule has 2 amide bonds. The molecule has 1 aromatic rings. The maximum atomic E-state index is 13.1. The predicted octanol–water partition coefficient (Wildman–Crippen LogP) is 3.30. The molecule has 0 saturated carbocycles. The normalized spacial score (nSPS) is 15.0. The summed E-state index contributed by atoms with van der Waals surface area (Å²) in [6.07, 6.45) is 2.18. The maximum Gasteiger partial charge on any atom is 0.321 e. The average molecular weight is 311 g/mol. The van der Waals surface area contributed by atoms with Crippen molar-refractivity contribution in [2.45, 2.75) is 32.7 Å². The Morgan fingerprint density at radius 3 is 2.23 bits per heavy atom. The standard InChI is InChI=1S/C16H23F2N3O/c1-3-5-20(6-4-2)15-10-21(11-15)16(22)19-14-8-12(17)7-13(18)9-14/h7-9,15H,3-6,10-11H2,1-2H3,(H,19,22). The minimum absolute atomic E-state index is 0.143. The van der Waals surface area contributed by atoms with Crippen LogP contribution in [0.2, 0.25) is 0 Å². The van der Waals surface area contributed by atoms with Gasteiger partial charge in [-0.25, -0.2) is 13.6 Å². The van der Waals surface area contributed by atoms with Crippen molar-refractivity contribution in [3.63, 3.8) is 0 Å². The SMILES string of the molecule is CCCN(CCC)C1CN(C(=O)Nc2cc(F)cc(F)c2)C1. The second kappa shape index (κ2) is 7.54. The fourth-order valence-electron chi connectivity index (χ4n) is 2.73. The number of halogens is 2. The monoisotopic (exact) mass is 311 g/mol. The highest BCUT2D eigenvalue weighted by molar-refractivity contribution is 5.89. The summed E-state index contributed by atoms with van der Waals surface area (Å²) in [4.78, 5) is 16.1. The Kier molecular flexibility index (Phi) is 5.71. The van der Waals surface area contributed by atoms with Crippen LogP contribution in [0, 0.1) is 11.6 Å². The van der Waals surface area contributed by atoms with Gasteiger partial charge in [0, 0.05) is 30.9 Å². The van der Waals surface area contributed by atoms with E-state index < -0.39 is 11.6 Å². The summed E-state index contributed by atoms with van der Waals surface area (Å²) in [6.45, 7) is 7.66. The molecule has 0 bridgehead atoms. The molecule has 22 heavy (non-hydrogen) atoms. The number of carbonyl (C=O) groups excluding carboxylic acids is 1. The summed E-state index contributed by atoms with van der Waals surface area (Å²) in [5.74, 6) is -1.40. The van der Waals surface area contributed by atoms with Crippen LogP contribution in [0.5, 0.6) is 0 Å². The second-order valence-corrected chi connectivity index (χ2v) is 5.68. The molecule has 4 nitrogen and oxygen atoms in total. The van der Waals surface area contributed by atoms with E-state index in [2.05, 4.69) is 24.1 Å². The highest BCUT2D eigenvalue weighted by atomic mass is 19.1. The first kappa shape index (κ1) is 16.7. The molecule has 0 atom stereocenters. The molecule has 1 N–H and O–H groups in total. The summed E-state index contributed by atoms with van der Waals surface area (Å²) in [5, 5.41) is 2.54. The molecule has 1 fully saturated rings. The van der Waals surface area contributed by atoms with Gasteiger partial charge >= 0.3 is 6.03 Å². The van der Waals surface area contributed by atoms with Crippen molar-refractivity contribution in [2.75, 3.05) is 31.5 Å². The predicted molar refractivity (Wildman–Crippen MR) is 82.9 cm³/mol. The van der Waals surface area contributed by atoms with Gasteiger partial charge in [0.05, 0.1) is 0 Å². The molecule has 2 rings (SSSR count). The Bertz CT molecular complexity index is 492. The average Bonchev–Trinajstić information content (AvgIpc) is 2.36. The van der Waals surface area contributed by atoms with Gasteiger partial charge in [0.15, 0.2) is 0 Å². The van der Waals surface area contributed by atoms with E-state index in [-0.39, 0.29) is 11.7 Å². The lowest BCUT2D eigenvalue weighted by atomic mass is 10.1. The van der Waals surface area contributed by atoms with Gasteiger partial charge in [-0.2, -0.15) is 0 Å². The van der Waals surface area contributed by atoms with Crippen molar-refractivity contribution in [3.05, 3.63) is 29.8 Å². The largest absolute Gasteiger partial charge is 0.321 e. The maximum absolute atomic E-state index is 13.1. The number of nitrogens with zero attached hydrogens (tertiary/aromatic N) is 2. The zero-order valence-electron chi connectivity index (χ0n) is 13.1. The number of benzene rings is 1. The van der Waals surface area contributed by atoms with Crippen LogP contribution in [-0.2, 0) is 0 Å². The summed E-state index contributed by atoms with van der Waals surface area (Å²) in [7, 11) is 0. The lowest BCUT2D eigenvalue weighted by Crippen LogP contribution is -2.62. The summed E-state index contributed by atoms with van der Waals surface area (Å²) in [5.41, 5.74) is 0.143. The molecular formula is C16H23F2N3O. The van der Waals surface area contributed by atoms with Crippen LogP contribution in [0.15, 0.2) is 18.2 Å². The van der Waals surface area contributed by atoms with E-state index in [9.17, 15) is 13.6 Å². The number of rotatable bonds is 6. The van der Waals surface area contributed by atoms with Crippen molar-refractivity contribution < 1.29 is 13.6 Å². The van der Waals surface area contributed by atoms with Gasteiger partial charge in [-0.05, 0) is 38.1 Å². The molecule has 6 heteroatoms. The van der Waals surface area contributed by atoms with Gasteiger partial charge in [-0.15, -0.1) is 0 Å². The van der Waals surface area contributed by atoms with Gasteiger partial charge in [0.2, 0.25) is 0 Å². The Morgan fingerprint density at radius 1 is 1.18 bits per heavy atom. The van der Waals surface area contributed by atoms with Crippen molar-refractivity contribution in [2.24, 2.45) is 0 Å². The number of nitrogens with one attached hydrogen (secondary N) is 1. The van der Waals surface area contributed by atoms with Gasteiger partial charge in [0.1, 0.15) is 11.6 Å². The molecule has 0 radical (unpaired) electrons. The Labute approximate surface area is 130 Å². The first-order chi connectivity index (χ1) is 10.5. The zero-order chi connectivity index (χ0) is 16.1. The van der Waals surface area contributed by atoms with Crippen molar-refractivity contribution in [1.29, 1.82) is 0 Å². The number of urea groups is 1. The number of hydrogen-bond donors (Lipinski definition) is 1. The molecule has 0 spiro atoms. The third kappa shape index (κ3) is 4.16. The Morgan fingerprint density at radius 2 is 1.73 bits per heavy atom. The van der Waals surface area contributed by atoms with Gasteiger partial charge in [0.25, 0.3) is 0 Å². The summed E-state index contributed by atoms with van der Waals surface area (Å²) in [6, 6.07) is 3.07. The quantitative estimate of drug-likeness (QED) is 0.875. The number of amides is 2. The highest BCUT2D eigenvalue weighted by Gasteiger charge is 2.34. The topological polar surface area (TPSA) is 35.6 Å². The van der Waals surface area contributed by atoms with E-state index in [0.29, 0.717) is 19.1 Å². The molecule has 122 valence electrons. The summed E-state index contributed by atoms with van der Waals surface area (Å²) < 4.78 is 26.2. The molecule has 1 aliphatic rings. The third-order valence-electron chi connectivity index (χ3n) is 3.80. The van der Waals surface area contributed by atoms with Crippen LogP contribution in [0.25, 0.3) is 0 Å². The van der Waals surface area contributed by atoms with Gasteiger partial charge < -0.3 is 10.2 Å². The van der Waals surface area contributed by atoms with E-state index in [1.54, 1.807) is 4.90 Å². The number of carbonyl (C=O) groups is 1. The number of hydrogen-bond acceptors (Lipinski definition) is 2. The molecule has 0 unspecified atom stereocenters. The summed E-state index contributed by atoms with van der Waals surface area (Å²) >= 11 is 0. The fourth-order valence-corrected chi connectivity index (χ4v) is 2.73. The van der Waals surface area contributed by atoms with Crippen LogP contribution in [0.4, 0.5) is 19.3 Å². The molecule has 0 aromatic heterocycles. The number of anilines is 1. The molecule has 1 aromatic carbocycles. The zero-order valence-corrected chi connectivity index (χ0v) is 13.1. The van der Waals surface area contributed by atoms with Gasteiger partial charge in [-0.1, -0.05) is 13.8 Å². The van der Waals surface area contributed by atoms with E-state index in [1.807, 2.05) is 0 Å². The van der Waals surface area contributed by atoms with Crippen LogP contribution in [0.1, 0.15) is 26.7 Å². The van der Waals surface area contributed by atoms with E-state index in [0.717, 1.165) is 44.1 Å². The smallest absolute Gasteiger partial charge is 0.321 e. The van der Waals surface area contributed by atoms with Crippen LogP contribution >= 0.6 is 0 Å².